The van der Waals surface area contributed by atoms with Crippen molar-refractivity contribution in [1.82, 2.24) is 20.2 Å². The average molecular weight is 511 g/mol. The monoisotopic (exact) mass is 510 g/mol. The van der Waals surface area contributed by atoms with Gasteiger partial charge < -0.3 is 20.2 Å². The van der Waals surface area contributed by atoms with E-state index in [1.165, 1.54) is 0 Å². The quantitative estimate of drug-likeness (QED) is 0.226. The number of aromatic amines is 1. The van der Waals surface area contributed by atoms with Gasteiger partial charge in [0, 0.05) is 52.9 Å². The van der Waals surface area contributed by atoms with Gasteiger partial charge in [-0.15, -0.1) is 0 Å². The highest BCUT2D eigenvalue weighted by atomic mass is 35.5. The number of halogens is 1. The number of carbonyl (C=O) groups excluding carboxylic acids is 2. The van der Waals surface area contributed by atoms with Gasteiger partial charge >= 0.3 is 0 Å². The zero-order chi connectivity index (χ0) is 25.8. The SMILES string of the molecule is CCn1cc(/C=C(\NC(=O)c2ccccc2Cl)C(=O)NCCc2c[nH]c3ccccc23)c2ccccc21. The Labute approximate surface area is 219 Å². The number of rotatable bonds is 8. The van der Waals surface area contributed by atoms with Crippen LogP contribution in [0.2, 0.25) is 5.02 Å². The van der Waals surface area contributed by atoms with E-state index in [2.05, 4.69) is 33.2 Å². The molecule has 0 aliphatic carbocycles. The minimum absolute atomic E-state index is 0.155. The minimum atomic E-state index is -0.442. The van der Waals surface area contributed by atoms with E-state index in [-0.39, 0.29) is 11.6 Å². The molecule has 37 heavy (non-hydrogen) atoms. The normalized spacial score (nSPS) is 11.7. The Morgan fingerprint density at radius 1 is 0.973 bits per heavy atom. The fourth-order valence-electron chi connectivity index (χ4n) is 4.55. The van der Waals surface area contributed by atoms with Crippen LogP contribution >= 0.6 is 11.6 Å². The van der Waals surface area contributed by atoms with Gasteiger partial charge in [0.2, 0.25) is 0 Å². The van der Waals surface area contributed by atoms with Crippen LogP contribution < -0.4 is 10.6 Å². The lowest BCUT2D eigenvalue weighted by Gasteiger charge is -2.12. The number of aromatic nitrogens is 2. The van der Waals surface area contributed by atoms with E-state index >= 15 is 0 Å². The molecule has 2 amide bonds. The molecule has 7 heteroatoms. The van der Waals surface area contributed by atoms with Gasteiger partial charge in [0.05, 0.1) is 10.6 Å². The standard InChI is InChI=1S/C30H27ClN4O2/c1-2-35-19-21(23-10-5-8-14-28(23)35)17-27(34-29(36)24-11-3-6-12-25(24)31)30(37)32-16-15-20-18-33-26-13-7-4-9-22(20)26/h3-14,17-19,33H,2,15-16H2,1H3,(H,32,37)(H,34,36)/b27-17-. The Bertz CT molecular complexity index is 1630. The van der Waals surface area contributed by atoms with Crippen molar-refractivity contribution in [2.75, 3.05) is 6.54 Å². The summed E-state index contributed by atoms with van der Waals surface area (Å²) in [6.45, 7) is 3.26. The molecule has 0 saturated carbocycles. The minimum Gasteiger partial charge on any atom is -0.361 e. The molecule has 0 aliphatic heterocycles. The van der Waals surface area contributed by atoms with Gasteiger partial charge in [-0.2, -0.15) is 0 Å². The van der Waals surface area contributed by atoms with E-state index < -0.39 is 5.91 Å². The molecule has 3 N–H and O–H groups in total. The Morgan fingerprint density at radius 3 is 2.51 bits per heavy atom. The van der Waals surface area contributed by atoms with Crippen LogP contribution in [0.3, 0.4) is 0 Å². The second kappa shape index (κ2) is 10.8. The lowest BCUT2D eigenvalue weighted by Crippen LogP contribution is -2.35. The number of nitrogens with one attached hydrogen (secondary N) is 3. The number of para-hydroxylation sites is 2. The number of hydrogen-bond acceptors (Lipinski definition) is 2. The number of nitrogens with zero attached hydrogens (tertiary/aromatic N) is 1. The maximum absolute atomic E-state index is 13.4. The first kappa shape index (κ1) is 24.4. The molecule has 0 aliphatic rings. The van der Waals surface area contributed by atoms with E-state index in [4.69, 9.17) is 11.6 Å². The lowest BCUT2D eigenvalue weighted by atomic mass is 10.1. The molecule has 186 valence electrons. The number of amides is 2. The van der Waals surface area contributed by atoms with Crippen LogP contribution in [0.4, 0.5) is 0 Å². The summed E-state index contributed by atoms with van der Waals surface area (Å²) >= 11 is 6.24. The van der Waals surface area contributed by atoms with Gasteiger partial charge in [-0.3, -0.25) is 9.59 Å². The highest BCUT2D eigenvalue weighted by Crippen LogP contribution is 2.24. The second-order valence-corrected chi connectivity index (χ2v) is 9.15. The highest BCUT2D eigenvalue weighted by molar-refractivity contribution is 6.34. The van der Waals surface area contributed by atoms with Crippen LogP contribution in [-0.4, -0.2) is 27.9 Å². The number of hydrogen-bond donors (Lipinski definition) is 3. The van der Waals surface area contributed by atoms with Crippen molar-refractivity contribution in [1.29, 1.82) is 0 Å². The number of H-pyrrole nitrogens is 1. The van der Waals surface area contributed by atoms with Gasteiger partial charge in [-0.1, -0.05) is 60.1 Å². The van der Waals surface area contributed by atoms with Crippen molar-refractivity contribution in [2.45, 2.75) is 19.9 Å². The van der Waals surface area contributed by atoms with E-state index in [1.54, 1.807) is 30.3 Å². The summed E-state index contributed by atoms with van der Waals surface area (Å²) in [5.74, 6) is -0.809. The number of aryl methyl sites for hydroxylation is 1. The van der Waals surface area contributed by atoms with Crippen LogP contribution in [0.1, 0.15) is 28.4 Å². The lowest BCUT2D eigenvalue weighted by molar-refractivity contribution is -0.117. The van der Waals surface area contributed by atoms with Crippen LogP contribution in [0.25, 0.3) is 27.9 Å². The largest absolute Gasteiger partial charge is 0.361 e. The van der Waals surface area contributed by atoms with Gasteiger partial charge in [-0.05, 0) is 49.2 Å². The van der Waals surface area contributed by atoms with Crippen molar-refractivity contribution >= 4 is 51.3 Å². The molecule has 5 aromatic rings. The molecule has 0 unspecified atom stereocenters. The smallest absolute Gasteiger partial charge is 0.267 e. The fraction of sp³-hybridized carbons (Fsp3) is 0.133. The molecule has 3 aromatic carbocycles. The van der Waals surface area contributed by atoms with Gasteiger partial charge in [0.15, 0.2) is 0 Å². The van der Waals surface area contributed by atoms with Gasteiger partial charge in [0.1, 0.15) is 5.70 Å². The molecule has 0 saturated heterocycles. The molecular weight excluding hydrogens is 484 g/mol. The Morgan fingerprint density at radius 2 is 1.70 bits per heavy atom. The van der Waals surface area contributed by atoms with Crippen LogP contribution in [0, 0.1) is 0 Å². The first-order valence-corrected chi connectivity index (χ1v) is 12.6. The predicted octanol–water partition coefficient (Wildman–Crippen LogP) is 5.93. The van der Waals surface area contributed by atoms with E-state index in [0.717, 1.165) is 39.5 Å². The third kappa shape index (κ3) is 5.15. The fourth-order valence-corrected chi connectivity index (χ4v) is 4.77. The molecule has 0 radical (unpaired) electrons. The van der Waals surface area contributed by atoms with E-state index in [0.29, 0.717) is 23.6 Å². The molecule has 0 spiro atoms. The first-order valence-electron chi connectivity index (χ1n) is 12.2. The van der Waals surface area contributed by atoms with E-state index in [1.807, 2.05) is 54.9 Å². The third-order valence-corrected chi connectivity index (χ3v) is 6.76. The van der Waals surface area contributed by atoms with Crippen molar-refractivity contribution in [3.8, 4) is 0 Å². The molecule has 0 bridgehead atoms. The predicted molar refractivity (Wildman–Crippen MR) is 150 cm³/mol. The number of benzene rings is 3. The summed E-state index contributed by atoms with van der Waals surface area (Å²) in [5.41, 5.74) is 4.54. The number of fused-ring (bicyclic) bond motifs is 2. The Hall–Kier alpha value is -4.29. The molecule has 0 atom stereocenters. The van der Waals surface area contributed by atoms with Crippen LogP contribution in [-0.2, 0) is 17.8 Å². The molecular formula is C30H27ClN4O2. The van der Waals surface area contributed by atoms with Gasteiger partial charge in [-0.25, -0.2) is 0 Å². The Balaban J connectivity index is 1.42. The summed E-state index contributed by atoms with van der Waals surface area (Å²) in [4.78, 5) is 29.7. The second-order valence-electron chi connectivity index (χ2n) is 8.74. The van der Waals surface area contributed by atoms with Crippen LogP contribution in [0.15, 0.2) is 90.9 Å². The average Bonchev–Trinajstić information content (AvgIpc) is 3.50. The van der Waals surface area contributed by atoms with Crippen molar-refractivity contribution < 1.29 is 9.59 Å². The zero-order valence-electron chi connectivity index (χ0n) is 20.4. The summed E-state index contributed by atoms with van der Waals surface area (Å²) in [7, 11) is 0. The van der Waals surface area contributed by atoms with Crippen LogP contribution in [0.5, 0.6) is 0 Å². The summed E-state index contributed by atoms with van der Waals surface area (Å²) < 4.78 is 2.11. The van der Waals surface area contributed by atoms with Crippen molar-refractivity contribution in [2.24, 2.45) is 0 Å². The molecule has 2 aromatic heterocycles. The molecule has 5 rings (SSSR count). The zero-order valence-corrected chi connectivity index (χ0v) is 21.2. The third-order valence-electron chi connectivity index (χ3n) is 6.43. The highest BCUT2D eigenvalue weighted by Gasteiger charge is 2.18. The van der Waals surface area contributed by atoms with Gasteiger partial charge in [0.25, 0.3) is 11.8 Å². The number of carbonyl (C=O) groups is 2. The molecule has 6 nitrogen and oxygen atoms in total. The van der Waals surface area contributed by atoms with Crippen molar-refractivity contribution in [3.05, 3.63) is 113 Å². The first-order chi connectivity index (χ1) is 18.0. The molecule has 2 heterocycles. The maximum Gasteiger partial charge on any atom is 0.267 e. The summed E-state index contributed by atoms with van der Waals surface area (Å²) in [5, 5.41) is 8.22. The summed E-state index contributed by atoms with van der Waals surface area (Å²) in [6.07, 6.45) is 6.33. The molecule has 0 fully saturated rings. The van der Waals surface area contributed by atoms with Crippen molar-refractivity contribution in [3.63, 3.8) is 0 Å². The maximum atomic E-state index is 13.4. The summed E-state index contributed by atoms with van der Waals surface area (Å²) in [6, 6.07) is 22.8. The Kier molecular flexibility index (Phi) is 7.10. The topological polar surface area (TPSA) is 78.9 Å². The van der Waals surface area contributed by atoms with E-state index in [9.17, 15) is 9.59 Å².